The molecule has 0 bridgehead atoms. The topological polar surface area (TPSA) is 25.8 Å². The van der Waals surface area contributed by atoms with Crippen LogP contribution in [0.25, 0.3) is 110 Å². The molecular weight excluding hydrogens is 1450 g/mol. The van der Waals surface area contributed by atoms with Crippen LogP contribution in [0.1, 0.15) is 265 Å². The van der Waals surface area contributed by atoms with Crippen molar-refractivity contribution >= 4 is 53.9 Å². The molecule has 6 aliphatic rings. The summed E-state index contributed by atoms with van der Waals surface area (Å²) in [5.41, 5.74) is 38.4. The second kappa shape index (κ2) is 30.6. The van der Waals surface area contributed by atoms with Crippen molar-refractivity contribution in [2.75, 3.05) is 0 Å². The lowest BCUT2D eigenvalue weighted by atomic mass is 9.68. The van der Waals surface area contributed by atoms with Crippen molar-refractivity contribution in [2.45, 2.75) is 237 Å². The molecule has 0 saturated heterocycles. The summed E-state index contributed by atoms with van der Waals surface area (Å²) in [5.74, 6) is 2.11. The molecule has 2 heterocycles. The van der Waals surface area contributed by atoms with Crippen molar-refractivity contribution in [3.05, 3.63) is 344 Å². The highest BCUT2D eigenvalue weighted by atomic mass is 14.7. The van der Waals surface area contributed by atoms with Crippen molar-refractivity contribution in [1.29, 1.82) is 0 Å². The number of benzene rings is 13. The van der Waals surface area contributed by atoms with E-state index in [0.717, 1.165) is 43.0 Å². The molecule has 0 amide bonds. The first kappa shape index (κ1) is 81.8. The third-order valence-electron chi connectivity index (χ3n) is 27.7. The molecule has 2 aromatic heterocycles. The monoisotopic (exact) mass is 1570 g/mol. The Balaban J connectivity index is 0.000000107. The van der Waals surface area contributed by atoms with Crippen LogP contribution in [0.15, 0.2) is 249 Å². The molecule has 2 heteroatoms. The predicted molar refractivity (Wildman–Crippen MR) is 517 cm³/mol. The van der Waals surface area contributed by atoms with Gasteiger partial charge in [0.15, 0.2) is 0 Å². The van der Waals surface area contributed by atoms with Gasteiger partial charge in [0.2, 0.25) is 0 Å². The van der Waals surface area contributed by atoms with Crippen molar-refractivity contribution < 1.29 is 0 Å². The van der Waals surface area contributed by atoms with Gasteiger partial charge in [0.1, 0.15) is 0 Å². The highest BCUT2D eigenvalue weighted by Gasteiger charge is 2.40. The van der Waals surface area contributed by atoms with E-state index in [1.165, 1.54) is 213 Å². The molecule has 120 heavy (non-hydrogen) atoms. The fourth-order valence-electron chi connectivity index (χ4n) is 22.2. The minimum atomic E-state index is -0.00872. The first-order valence-electron chi connectivity index (χ1n) is 45.0. The normalized spacial score (nSPS) is 15.9. The maximum Gasteiger partial charge on any atom is 0.0786 e. The molecule has 608 valence electrons. The number of hydrogen-bond donors (Lipinski definition) is 0. The largest absolute Gasteiger partial charge is 0.256 e. The lowest BCUT2D eigenvalue weighted by molar-refractivity contribution is 0.410. The molecule has 2 nitrogen and oxygen atoms in total. The molecule has 0 spiro atoms. The molecule has 0 radical (unpaired) electrons. The van der Waals surface area contributed by atoms with Gasteiger partial charge in [0.05, 0.1) is 11.4 Å². The van der Waals surface area contributed by atoms with E-state index >= 15 is 0 Å². The van der Waals surface area contributed by atoms with Crippen LogP contribution in [0, 0.1) is 36.5 Å². The number of rotatable bonds is 7. The quantitative estimate of drug-likeness (QED) is 0.159. The second-order valence-electron chi connectivity index (χ2n) is 42.4. The van der Waals surface area contributed by atoms with Gasteiger partial charge in [0.25, 0.3) is 0 Å². The first-order chi connectivity index (χ1) is 57.0. The Morgan fingerprint density at radius 2 is 0.592 bits per heavy atom. The third-order valence-corrected chi connectivity index (χ3v) is 27.7. The standard InChI is InChI=1S/C24H27N.C24H24.C24H26.C23H25N.C23H24/c1-15-7-8-19-18(11-15)22-21-17(9-10-25-22)12-16(14-23(2,3)4)13-20(21)24(19,5)6;1-24(2)21-13-6-5-11-19(21)20-12-7-10-17-14-18(15-22(24)23(17)20)16-8-3-4-9-16;1-23(2,3)15-16-13-17-9-8-11-19-18-10-6-7-12-20(18)24(4,5)21(14-16)22(17)19;1-14(2)10-16-12-17-8-9-24-22-18-11-15(3)6-7-19(18)23(4,5)20(13-16)21(17)22;1-15(2)12-16-13-17-8-7-10-19-18-9-5-6-11-20(18)23(3,4)21(14-16)22(17)19/h7-13H,14H2,1-6H3;5-7,10-16H,3-4,8-9H2,1-2H3;6-14H,15H2,1-5H3;6-9,11-14H,10H2,1-5H3;5-11,13-15H,12H2,1-4H3. The number of aryl methyl sites for hydroxylation is 2. The number of fused-ring (bicyclic) bond motifs is 10. The van der Waals surface area contributed by atoms with Crippen molar-refractivity contribution in [3.8, 4) is 55.9 Å². The lowest BCUT2D eigenvalue weighted by Crippen LogP contribution is -2.24. The van der Waals surface area contributed by atoms with Gasteiger partial charge in [-0.05, 0) is 265 Å². The van der Waals surface area contributed by atoms with E-state index in [-0.39, 0.29) is 32.5 Å². The fraction of sp³-hybridized carbons (Fsp3) is 0.339. The molecule has 6 aliphatic carbocycles. The number of aromatic nitrogens is 2. The summed E-state index contributed by atoms with van der Waals surface area (Å²) in [7, 11) is 0. The molecule has 0 atom stereocenters. The molecule has 0 aliphatic heterocycles. The summed E-state index contributed by atoms with van der Waals surface area (Å²) < 4.78 is 0. The maximum absolute atomic E-state index is 4.79. The highest BCUT2D eigenvalue weighted by molar-refractivity contribution is 6.08. The maximum atomic E-state index is 4.79. The van der Waals surface area contributed by atoms with Crippen LogP contribution in [0.2, 0.25) is 0 Å². The molecule has 0 unspecified atom stereocenters. The van der Waals surface area contributed by atoms with E-state index in [1.807, 2.05) is 12.4 Å². The Hall–Kier alpha value is -10.5. The summed E-state index contributed by atoms with van der Waals surface area (Å²) in [6.07, 6.45) is 13.9. The SMILES string of the molecule is CC(C)(C)Cc1cc2c3c(cccc3c1)-c1ccccc1C2(C)C.CC(C)Cc1cc2c3c(cccc3c1)-c1ccccc1C2(C)C.CC1(C)c2ccccc2-c2cccc3cc(C4CCCC4)cc1c23.Cc1ccc2c(c1)-c1nccc3cc(CC(C)(C)C)cc(c13)C2(C)C.Cc1ccc2c(c1)-c1nccc3cc(CC(C)C)cc(c13)C2(C)C. The van der Waals surface area contributed by atoms with Gasteiger partial charge in [0, 0.05) is 61.4 Å². The van der Waals surface area contributed by atoms with Gasteiger partial charge in [-0.25, -0.2) is 0 Å². The fourth-order valence-corrected chi connectivity index (χ4v) is 22.2. The van der Waals surface area contributed by atoms with E-state index in [0.29, 0.717) is 17.3 Å². The summed E-state index contributed by atoms with van der Waals surface area (Å²) in [6.45, 7) is 51.1. The molecule has 1 saturated carbocycles. The van der Waals surface area contributed by atoms with Crippen molar-refractivity contribution in [3.63, 3.8) is 0 Å². The predicted octanol–water partition coefficient (Wildman–Crippen LogP) is 32.4. The van der Waals surface area contributed by atoms with E-state index < -0.39 is 0 Å². The zero-order valence-corrected chi connectivity index (χ0v) is 76.0. The van der Waals surface area contributed by atoms with Gasteiger partial charge in [-0.15, -0.1) is 0 Å². The minimum Gasteiger partial charge on any atom is -0.256 e. The summed E-state index contributed by atoms with van der Waals surface area (Å²) in [4.78, 5) is 9.57. The molecule has 21 rings (SSSR count). The van der Waals surface area contributed by atoms with Crippen LogP contribution in [0.5, 0.6) is 0 Å². The number of hydrogen-bond acceptors (Lipinski definition) is 2. The van der Waals surface area contributed by atoms with Gasteiger partial charge >= 0.3 is 0 Å². The van der Waals surface area contributed by atoms with Crippen LogP contribution in [0.4, 0.5) is 0 Å². The molecule has 15 aromatic rings. The van der Waals surface area contributed by atoms with Crippen LogP contribution in [0.3, 0.4) is 0 Å². The van der Waals surface area contributed by atoms with Crippen LogP contribution >= 0.6 is 0 Å². The van der Waals surface area contributed by atoms with Crippen LogP contribution in [-0.4, -0.2) is 9.97 Å². The van der Waals surface area contributed by atoms with Crippen LogP contribution < -0.4 is 0 Å². The minimum absolute atomic E-state index is 0.00427. The van der Waals surface area contributed by atoms with Crippen molar-refractivity contribution in [2.24, 2.45) is 22.7 Å². The average Bonchev–Trinajstić information content (AvgIpc) is 0.752. The zero-order valence-electron chi connectivity index (χ0n) is 76.0. The Bertz CT molecular complexity index is 6550. The van der Waals surface area contributed by atoms with Crippen molar-refractivity contribution in [1.82, 2.24) is 9.97 Å². The van der Waals surface area contributed by atoms with E-state index in [4.69, 9.17) is 9.97 Å². The number of nitrogens with zero attached hydrogens (tertiary/aromatic N) is 2. The summed E-state index contributed by atoms with van der Waals surface area (Å²) >= 11 is 0. The molecular formula is C118H126N2. The van der Waals surface area contributed by atoms with Gasteiger partial charge < -0.3 is 0 Å². The third kappa shape index (κ3) is 14.7. The molecule has 0 N–H and O–H groups in total. The number of pyridine rings is 2. The molecule has 13 aromatic carbocycles. The van der Waals surface area contributed by atoms with E-state index in [9.17, 15) is 0 Å². The Morgan fingerprint density at radius 1 is 0.292 bits per heavy atom. The van der Waals surface area contributed by atoms with Gasteiger partial charge in [-0.1, -0.05) is 375 Å². The second-order valence-corrected chi connectivity index (χ2v) is 42.4. The average molecular weight is 1570 g/mol. The van der Waals surface area contributed by atoms with Gasteiger partial charge in [-0.3, -0.25) is 9.97 Å². The van der Waals surface area contributed by atoms with Crippen LogP contribution in [-0.2, 0) is 52.8 Å². The van der Waals surface area contributed by atoms with E-state index in [2.05, 4.69) is 389 Å². The first-order valence-corrected chi connectivity index (χ1v) is 45.0. The Morgan fingerprint density at radius 3 is 0.950 bits per heavy atom. The Labute approximate surface area is 717 Å². The Kier molecular flexibility index (Phi) is 20.8. The lowest BCUT2D eigenvalue weighted by Gasteiger charge is -2.36. The van der Waals surface area contributed by atoms with Gasteiger partial charge in [-0.2, -0.15) is 0 Å². The summed E-state index contributed by atoms with van der Waals surface area (Å²) in [6, 6.07) is 89.4. The highest BCUT2D eigenvalue weighted by Crippen LogP contribution is 2.56. The van der Waals surface area contributed by atoms with E-state index in [1.54, 1.807) is 5.56 Å². The molecule has 1 fully saturated rings. The smallest absolute Gasteiger partial charge is 0.0786 e. The summed E-state index contributed by atoms with van der Waals surface area (Å²) in [5, 5.41) is 13.9. The zero-order chi connectivity index (χ0) is 84.7.